The number of carbonyl (C=O) groups is 1. The van der Waals surface area contributed by atoms with E-state index in [1.165, 1.54) is 0 Å². The summed E-state index contributed by atoms with van der Waals surface area (Å²) in [6, 6.07) is 11.8. The summed E-state index contributed by atoms with van der Waals surface area (Å²) >= 11 is 3.47. The third-order valence-electron chi connectivity index (χ3n) is 4.92. The highest BCUT2D eigenvalue weighted by molar-refractivity contribution is 9.10. The molecule has 7 heteroatoms. The van der Waals surface area contributed by atoms with Gasteiger partial charge >= 0.3 is 0 Å². The van der Waals surface area contributed by atoms with E-state index in [-0.39, 0.29) is 11.9 Å². The van der Waals surface area contributed by atoms with Gasteiger partial charge in [-0.05, 0) is 55.8 Å². The molecule has 0 aliphatic heterocycles. The zero-order valence-corrected chi connectivity index (χ0v) is 18.3. The van der Waals surface area contributed by atoms with Crippen molar-refractivity contribution in [2.45, 2.75) is 26.3 Å². The number of amides is 1. The van der Waals surface area contributed by atoms with Gasteiger partial charge in [-0.3, -0.25) is 4.79 Å². The minimum atomic E-state index is -0.168. The van der Waals surface area contributed by atoms with E-state index in [0.29, 0.717) is 23.6 Å². The Morgan fingerprint density at radius 2 is 1.79 bits per heavy atom. The Morgan fingerprint density at radius 1 is 1.14 bits per heavy atom. The van der Waals surface area contributed by atoms with Crippen LogP contribution in [-0.2, 0) is 6.42 Å². The van der Waals surface area contributed by atoms with Gasteiger partial charge in [0.05, 0.1) is 25.6 Å². The van der Waals surface area contributed by atoms with Crippen LogP contribution in [0.2, 0.25) is 0 Å². The van der Waals surface area contributed by atoms with Crippen LogP contribution in [0.5, 0.6) is 11.5 Å². The van der Waals surface area contributed by atoms with Crippen molar-refractivity contribution >= 4 is 21.8 Å². The molecule has 0 radical (unpaired) electrons. The first kappa shape index (κ1) is 19.5. The summed E-state index contributed by atoms with van der Waals surface area (Å²) in [6.07, 6.45) is 0.613. The number of ether oxygens (including phenoxy) is 2. The highest BCUT2D eigenvalue weighted by atomic mass is 79.9. The van der Waals surface area contributed by atoms with Crippen molar-refractivity contribution in [1.29, 1.82) is 0 Å². The lowest BCUT2D eigenvalue weighted by Gasteiger charge is -2.12. The normalized spacial score (nSPS) is 11.9. The smallest absolute Gasteiger partial charge is 0.272 e. The molecule has 1 aromatic heterocycles. The number of methoxy groups -OCH3 is 2. The summed E-state index contributed by atoms with van der Waals surface area (Å²) in [6.45, 7) is 3.88. The first-order chi connectivity index (χ1) is 13.9. The van der Waals surface area contributed by atoms with Gasteiger partial charge < -0.3 is 14.8 Å². The first-order valence-electron chi connectivity index (χ1n) is 9.37. The van der Waals surface area contributed by atoms with Gasteiger partial charge in [0.25, 0.3) is 5.91 Å². The molecule has 0 saturated heterocycles. The van der Waals surface area contributed by atoms with E-state index in [1.807, 2.05) is 54.9 Å². The lowest BCUT2D eigenvalue weighted by molar-refractivity contribution is 0.0937. The van der Waals surface area contributed by atoms with E-state index >= 15 is 0 Å². The van der Waals surface area contributed by atoms with Crippen LogP contribution in [0, 0.1) is 0 Å². The van der Waals surface area contributed by atoms with Crippen molar-refractivity contribution in [2.24, 2.45) is 0 Å². The molecule has 2 aromatic carbocycles. The van der Waals surface area contributed by atoms with Crippen LogP contribution in [-0.4, -0.2) is 35.9 Å². The van der Waals surface area contributed by atoms with Crippen LogP contribution >= 0.6 is 15.9 Å². The number of nitrogens with one attached hydrogen (secondary N) is 1. The van der Waals surface area contributed by atoms with Gasteiger partial charge in [-0.15, -0.1) is 0 Å². The molecular formula is C22H22BrN3O3. The van der Waals surface area contributed by atoms with Crippen LogP contribution in [0.25, 0.3) is 16.9 Å². The van der Waals surface area contributed by atoms with Crippen molar-refractivity contribution in [1.82, 2.24) is 15.1 Å². The number of halogens is 1. The van der Waals surface area contributed by atoms with E-state index in [4.69, 9.17) is 14.6 Å². The first-order valence-corrected chi connectivity index (χ1v) is 10.2. The molecular weight excluding hydrogens is 434 g/mol. The average Bonchev–Trinajstić information content (AvgIpc) is 3.23. The molecule has 150 valence electrons. The number of aromatic nitrogens is 2. The van der Waals surface area contributed by atoms with Crippen molar-refractivity contribution in [3.8, 4) is 28.4 Å². The van der Waals surface area contributed by atoms with Crippen LogP contribution in [0.1, 0.15) is 35.5 Å². The zero-order valence-electron chi connectivity index (χ0n) is 16.7. The summed E-state index contributed by atoms with van der Waals surface area (Å²) in [5.74, 6) is 1.16. The number of hydrogen-bond acceptors (Lipinski definition) is 4. The zero-order chi connectivity index (χ0) is 20.7. The number of benzene rings is 2. The minimum absolute atomic E-state index is 0.0277. The predicted molar refractivity (Wildman–Crippen MR) is 115 cm³/mol. The maximum atomic E-state index is 12.9. The Balaban J connectivity index is 1.93. The second kappa shape index (κ2) is 7.55. The van der Waals surface area contributed by atoms with Crippen molar-refractivity contribution in [2.75, 3.05) is 14.2 Å². The van der Waals surface area contributed by atoms with Gasteiger partial charge in [0.1, 0.15) is 0 Å². The third kappa shape index (κ3) is 3.40. The minimum Gasteiger partial charge on any atom is -0.493 e. The lowest BCUT2D eigenvalue weighted by Crippen LogP contribution is -2.31. The quantitative estimate of drug-likeness (QED) is 0.485. The number of hydrogen-bond donors (Lipinski definition) is 1. The number of fused-ring (bicyclic) bond motifs is 3. The highest BCUT2D eigenvalue weighted by Crippen LogP contribution is 2.44. The summed E-state index contributed by atoms with van der Waals surface area (Å²) in [4.78, 5) is 12.9. The predicted octanol–water partition coefficient (Wildman–Crippen LogP) is 4.36. The fourth-order valence-corrected chi connectivity index (χ4v) is 3.92. The molecule has 0 atom stereocenters. The van der Waals surface area contributed by atoms with Crippen molar-refractivity contribution in [3.63, 3.8) is 0 Å². The average molecular weight is 456 g/mol. The molecule has 0 saturated carbocycles. The molecule has 3 aromatic rings. The Labute approximate surface area is 178 Å². The van der Waals surface area contributed by atoms with Gasteiger partial charge in [0, 0.05) is 28.1 Å². The molecule has 0 unspecified atom stereocenters. The maximum absolute atomic E-state index is 12.9. The Morgan fingerprint density at radius 3 is 2.41 bits per heavy atom. The van der Waals surface area contributed by atoms with E-state index < -0.39 is 0 Å². The van der Waals surface area contributed by atoms with Gasteiger partial charge in [-0.2, -0.15) is 5.10 Å². The fraction of sp³-hybridized carbons (Fsp3) is 0.273. The van der Waals surface area contributed by atoms with Crippen LogP contribution in [0.3, 0.4) is 0 Å². The Bertz CT molecular complexity index is 1090. The molecule has 4 rings (SSSR count). The molecule has 1 N–H and O–H groups in total. The molecule has 0 bridgehead atoms. The van der Waals surface area contributed by atoms with Crippen molar-refractivity contribution < 1.29 is 14.3 Å². The second-order valence-electron chi connectivity index (χ2n) is 7.23. The van der Waals surface area contributed by atoms with Crippen LogP contribution < -0.4 is 14.8 Å². The van der Waals surface area contributed by atoms with Crippen LogP contribution in [0.15, 0.2) is 40.9 Å². The molecule has 1 aliphatic carbocycles. The molecule has 29 heavy (non-hydrogen) atoms. The SMILES string of the molecule is COc1cc2c(cc1OC)-c1c(c(C(=O)NC(C)C)nn1-c1ccc(Br)cc1)C2. The second-order valence-corrected chi connectivity index (χ2v) is 8.15. The van der Waals surface area contributed by atoms with Gasteiger partial charge in [0.15, 0.2) is 17.2 Å². The number of nitrogens with zero attached hydrogens (tertiary/aromatic N) is 2. The summed E-state index contributed by atoms with van der Waals surface area (Å²) < 4.78 is 13.8. The molecule has 0 fully saturated rings. The van der Waals surface area contributed by atoms with Crippen LogP contribution in [0.4, 0.5) is 0 Å². The van der Waals surface area contributed by atoms with Gasteiger partial charge in [-0.25, -0.2) is 4.68 Å². The number of rotatable bonds is 5. The Hall–Kier alpha value is -2.80. The maximum Gasteiger partial charge on any atom is 0.272 e. The molecule has 0 spiro atoms. The van der Waals surface area contributed by atoms with E-state index in [2.05, 4.69) is 21.2 Å². The lowest BCUT2D eigenvalue weighted by atomic mass is 10.1. The molecule has 1 heterocycles. The van der Waals surface area contributed by atoms with E-state index in [0.717, 1.165) is 32.5 Å². The summed E-state index contributed by atoms with van der Waals surface area (Å²) in [7, 11) is 3.24. The van der Waals surface area contributed by atoms with E-state index in [9.17, 15) is 4.79 Å². The third-order valence-corrected chi connectivity index (χ3v) is 5.45. The highest BCUT2D eigenvalue weighted by Gasteiger charge is 2.32. The summed E-state index contributed by atoms with van der Waals surface area (Å²) in [5.41, 5.74) is 5.24. The molecule has 1 amide bonds. The summed E-state index contributed by atoms with van der Waals surface area (Å²) in [5, 5.41) is 7.66. The largest absolute Gasteiger partial charge is 0.493 e. The fourth-order valence-electron chi connectivity index (χ4n) is 3.65. The van der Waals surface area contributed by atoms with Gasteiger partial charge in [-0.1, -0.05) is 15.9 Å². The van der Waals surface area contributed by atoms with Crippen molar-refractivity contribution in [3.05, 3.63) is 57.7 Å². The van der Waals surface area contributed by atoms with E-state index in [1.54, 1.807) is 14.2 Å². The monoisotopic (exact) mass is 455 g/mol. The molecule has 6 nitrogen and oxygen atoms in total. The molecule has 1 aliphatic rings. The van der Waals surface area contributed by atoms with Gasteiger partial charge in [0.2, 0.25) is 0 Å². The standard InChI is InChI=1S/C22H22BrN3O3/c1-12(2)24-22(27)20-17-9-13-10-18(28-3)19(29-4)11-16(13)21(17)26(25-20)15-7-5-14(23)6-8-15/h5-8,10-12H,9H2,1-4H3,(H,24,27). The number of carbonyl (C=O) groups excluding carboxylic acids is 1. The topological polar surface area (TPSA) is 65.4 Å². The Kier molecular flexibility index (Phi) is 5.08.